The van der Waals surface area contributed by atoms with Crippen LogP contribution in [0.25, 0.3) is 0 Å². The minimum atomic E-state index is -0.313. The number of nitrogens with one attached hydrogen (secondary N) is 1. The molecule has 0 saturated carbocycles. The van der Waals surface area contributed by atoms with Crippen molar-refractivity contribution >= 4 is 28.1 Å². The molecule has 0 radical (unpaired) electrons. The first-order valence-electron chi connectivity index (χ1n) is 6.98. The maximum Gasteiger partial charge on any atom is 0.271 e. The summed E-state index contributed by atoms with van der Waals surface area (Å²) < 4.78 is 16.7. The van der Waals surface area contributed by atoms with Gasteiger partial charge >= 0.3 is 0 Å². The van der Waals surface area contributed by atoms with E-state index in [1.807, 2.05) is 6.07 Å². The maximum absolute atomic E-state index is 12.0. The first-order valence-corrected chi connectivity index (χ1v) is 7.78. The topological polar surface area (TPSA) is 69.2 Å². The van der Waals surface area contributed by atoms with Crippen LogP contribution in [0.2, 0.25) is 0 Å². The molecule has 1 N–H and O–H groups in total. The number of amides is 1. The van der Waals surface area contributed by atoms with Crippen molar-refractivity contribution in [2.24, 2.45) is 5.10 Å². The van der Waals surface area contributed by atoms with E-state index < -0.39 is 0 Å². The first kappa shape index (κ1) is 17.8. The maximum atomic E-state index is 12.0. The van der Waals surface area contributed by atoms with Gasteiger partial charge in [-0.05, 0) is 30.3 Å². The molecule has 0 aliphatic rings. The highest BCUT2D eigenvalue weighted by atomic mass is 79.9. The molecule has 2 rings (SSSR count). The van der Waals surface area contributed by atoms with Gasteiger partial charge in [0.05, 0.1) is 27.5 Å². The lowest BCUT2D eigenvalue weighted by Gasteiger charge is -2.13. The molecular formula is C17H17BrN2O4. The van der Waals surface area contributed by atoms with E-state index >= 15 is 0 Å². The molecule has 126 valence electrons. The number of nitrogens with zero attached hydrogens (tertiary/aromatic N) is 1. The van der Waals surface area contributed by atoms with Gasteiger partial charge in [0.15, 0.2) is 11.5 Å². The summed E-state index contributed by atoms with van der Waals surface area (Å²) >= 11 is 3.32. The zero-order chi connectivity index (χ0) is 17.5. The zero-order valence-corrected chi connectivity index (χ0v) is 15.1. The number of ether oxygens (including phenoxy) is 3. The van der Waals surface area contributed by atoms with E-state index in [9.17, 15) is 4.79 Å². The fourth-order valence-electron chi connectivity index (χ4n) is 2.08. The molecule has 2 aromatic carbocycles. The number of hydrazone groups is 1. The summed E-state index contributed by atoms with van der Waals surface area (Å²) in [5.41, 5.74) is 3.62. The van der Waals surface area contributed by atoms with E-state index in [0.717, 1.165) is 4.47 Å². The monoisotopic (exact) mass is 392 g/mol. The normalized spacial score (nSPS) is 10.5. The van der Waals surface area contributed by atoms with Crippen LogP contribution in [0.1, 0.15) is 15.9 Å². The van der Waals surface area contributed by atoms with Crippen LogP contribution in [-0.2, 0) is 0 Å². The standard InChI is InChI=1S/C17H17BrN2O4/c1-22-14-8-7-12(15(23-2)16(14)24-3)10-19-20-17(21)11-5-4-6-13(18)9-11/h4-10H,1-3H3,(H,20,21). The molecular weight excluding hydrogens is 376 g/mol. The van der Waals surface area contributed by atoms with Crippen LogP contribution >= 0.6 is 15.9 Å². The highest BCUT2D eigenvalue weighted by Crippen LogP contribution is 2.38. The van der Waals surface area contributed by atoms with Gasteiger partial charge in [0.25, 0.3) is 5.91 Å². The molecule has 6 nitrogen and oxygen atoms in total. The van der Waals surface area contributed by atoms with Gasteiger partial charge in [-0.15, -0.1) is 0 Å². The van der Waals surface area contributed by atoms with Crippen molar-refractivity contribution in [2.45, 2.75) is 0 Å². The van der Waals surface area contributed by atoms with Gasteiger partial charge in [0.1, 0.15) is 0 Å². The van der Waals surface area contributed by atoms with E-state index in [4.69, 9.17) is 14.2 Å². The van der Waals surface area contributed by atoms with Crippen LogP contribution in [0.5, 0.6) is 17.2 Å². The molecule has 0 unspecified atom stereocenters. The van der Waals surface area contributed by atoms with Gasteiger partial charge in [-0.3, -0.25) is 4.79 Å². The van der Waals surface area contributed by atoms with Gasteiger partial charge in [0, 0.05) is 15.6 Å². The van der Waals surface area contributed by atoms with Crippen LogP contribution in [-0.4, -0.2) is 33.5 Å². The molecule has 0 aliphatic heterocycles. The summed E-state index contributed by atoms with van der Waals surface area (Å²) in [4.78, 5) is 12.0. The molecule has 0 spiro atoms. The molecule has 0 fully saturated rings. The highest BCUT2D eigenvalue weighted by molar-refractivity contribution is 9.10. The van der Waals surface area contributed by atoms with Crippen molar-refractivity contribution in [2.75, 3.05) is 21.3 Å². The third kappa shape index (κ3) is 4.05. The Kier molecular flexibility index (Phi) is 6.20. The predicted molar refractivity (Wildman–Crippen MR) is 95.3 cm³/mol. The Morgan fingerprint density at radius 3 is 2.46 bits per heavy atom. The van der Waals surface area contributed by atoms with Gasteiger partial charge in [-0.2, -0.15) is 5.10 Å². The summed E-state index contributed by atoms with van der Waals surface area (Å²) in [7, 11) is 4.59. The van der Waals surface area contributed by atoms with E-state index in [1.165, 1.54) is 20.4 Å². The number of halogens is 1. The van der Waals surface area contributed by atoms with Crippen LogP contribution < -0.4 is 19.6 Å². The average Bonchev–Trinajstić information content (AvgIpc) is 2.60. The second-order valence-corrected chi connectivity index (χ2v) is 5.55. The van der Waals surface area contributed by atoms with Crippen molar-refractivity contribution in [1.29, 1.82) is 0 Å². The Balaban J connectivity index is 2.18. The zero-order valence-electron chi connectivity index (χ0n) is 13.5. The molecule has 0 aromatic heterocycles. The first-order chi connectivity index (χ1) is 11.6. The van der Waals surface area contributed by atoms with Gasteiger partial charge in [0.2, 0.25) is 5.75 Å². The lowest BCUT2D eigenvalue weighted by Crippen LogP contribution is -2.17. The Hall–Kier alpha value is -2.54. The number of hydrogen-bond donors (Lipinski definition) is 1. The minimum absolute atomic E-state index is 0.313. The smallest absolute Gasteiger partial charge is 0.271 e. The quantitative estimate of drug-likeness (QED) is 0.605. The van der Waals surface area contributed by atoms with Crippen molar-refractivity contribution in [3.05, 3.63) is 52.0 Å². The summed E-state index contributed by atoms with van der Waals surface area (Å²) in [5, 5.41) is 3.97. The highest BCUT2D eigenvalue weighted by Gasteiger charge is 2.14. The molecule has 1 amide bonds. The fourth-order valence-corrected chi connectivity index (χ4v) is 2.48. The molecule has 0 bridgehead atoms. The summed E-state index contributed by atoms with van der Waals surface area (Å²) in [6.07, 6.45) is 1.48. The molecule has 0 saturated heterocycles. The van der Waals surface area contributed by atoms with E-state index in [1.54, 1.807) is 37.4 Å². The number of rotatable bonds is 6. The third-order valence-electron chi connectivity index (χ3n) is 3.19. The van der Waals surface area contributed by atoms with E-state index in [0.29, 0.717) is 28.4 Å². The Labute approximate surface area is 148 Å². The van der Waals surface area contributed by atoms with Gasteiger partial charge in [-0.25, -0.2) is 5.43 Å². The largest absolute Gasteiger partial charge is 0.493 e. The number of hydrogen-bond acceptors (Lipinski definition) is 5. The van der Waals surface area contributed by atoms with Gasteiger partial charge < -0.3 is 14.2 Å². The third-order valence-corrected chi connectivity index (χ3v) is 3.68. The summed E-state index contributed by atoms with van der Waals surface area (Å²) in [5.74, 6) is 1.16. The lowest BCUT2D eigenvalue weighted by molar-refractivity contribution is 0.0955. The molecule has 24 heavy (non-hydrogen) atoms. The minimum Gasteiger partial charge on any atom is -0.493 e. The second kappa shape index (κ2) is 8.35. The lowest BCUT2D eigenvalue weighted by atomic mass is 10.2. The van der Waals surface area contributed by atoms with E-state index in [-0.39, 0.29) is 5.91 Å². The number of carbonyl (C=O) groups is 1. The van der Waals surface area contributed by atoms with Crippen LogP contribution in [0.3, 0.4) is 0 Å². The molecule has 7 heteroatoms. The summed E-state index contributed by atoms with van der Waals surface area (Å²) in [6.45, 7) is 0. The molecule has 2 aromatic rings. The summed E-state index contributed by atoms with van der Waals surface area (Å²) in [6, 6.07) is 10.5. The van der Waals surface area contributed by atoms with Crippen LogP contribution in [0.4, 0.5) is 0 Å². The fraction of sp³-hybridized carbons (Fsp3) is 0.176. The van der Waals surface area contributed by atoms with Gasteiger partial charge in [-0.1, -0.05) is 22.0 Å². The Bertz CT molecular complexity index is 762. The average molecular weight is 393 g/mol. The van der Waals surface area contributed by atoms with Crippen molar-refractivity contribution in [1.82, 2.24) is 5.43 Å². The second-order valence-electron chi connectivity index (χ2n) is 4.63. The molecule has 0 aliphatic carbocycles. The van der Waals surface area contributed by atoms with Crippen LogP contribution in [0, 0.1) is 0 Å². The Morgan fingerprint density at radius 1 is 1.08 bits per heavy atom. The predicted octanol–water partition coefficient (Wildman–Crippen LogP) is 3.24. The number of benzene rings is 2. The number of carbonyl (C=O) groups excluding carboxylic acids is 1. The SMILES string of the molecule is COc1ccc(C=NNC(=O)c2cccc(Br)c2)c(OC)c1OC. The van der Waals surface area contributed by atoms with Crippen molar-refractivity contribution < 1.29 is 19.0 Å². The van der Waals surface area contributed by atoms with Crippen molar-refractivity contribution in [3.8, 4) is 17.2 Å². The Morgan fingerprint density at radius 2 is 1.83 bits per heavy atom. The van der Waals surface area contributed by atoms with Crippen LogP contribution in [0.15, 0.2) is 46.0 Å². The molecule has 0 atom stereocenters. The van der Waals surface area contributed by atoms with E-state index in [2.05, 4.69) is 26.5 Å². The molecule has 0 heterocycles. The van der Waals surface area contributed by atoms with Crippen molar-refractivity contribution in [3.63, 3.8) is 0 Å². The number of methoxy groups -OCH3 is 3.